The van der Waals surface area contributed by atoms with Crippen molar-refractivity contribution in [2.24, 2.45) is 5.92 Å². The minimum Gasteiger partial charge on any atom is -0.486 e. The molecule has 0 fully saturated rings. The summed E-state index contributed by atoms with van der Waals surface area (Å²) < 4.78 is 11.0. The largest absolute Gasteiger partial charge is 0.486 e. The summed E-state index contributed by atoms with van der Waals surface area (Å²) in [7, 11) is 0. The summed E-state index contributed by atoms with van der Waals surface area (Å²) in [6, 6.07) is 12.0. The number of benzene rings is 1. The number of hydrogen-bond acceptors (Lipinski definition) is 4. The number of ether oxygens (including phenoxy) is 1. The van der Waals surface area contributed by atoms with Gasteiger partial charge in [-0.05, 0) is 37.1 Å². The van der Waals surface area contributed by atoms with Crippen LogP contribution in [0.2, 0.25) is 0 Å². The fourth-order valence-corrected chi connectivity index (χ4v) is 1.83. The van der Waals surface area contributed by atoms with Gasteiger partial charge in [0.25, 0.3) is 0 Å². The number of amides is 3. The summed E-state index contributed by atoms with van der Waals surface area (Å²) in [5, 5.41) is 2.71. The molecule has 7 nitrogen and oxygen atoms in total. The number of nitrogens with one attached hydrogen (secondary N) is 3. The normalized spacial score (nSPS) is 11.7. The molecule has 1 unspecified atom stereocenters. The van der Waals surface area contributed by atoms with Gasteiger partial charge < -0.3 is 14.5 Å². The summed E-state index contributed by atoms with van der Waals surface area (Å²) in [5.74, 6) is 1.05. The van der Waals surface area contributed by atoms with Crippen molar-refractivity contribution in [1.82, 2.24) is 16.2 Å². The molecule has 0 saturated carbocycles. The second kappa shape index (κ2) is 8.77. The molecule has 1 aromatic heterocycles. The van der Waals surface area contributed by atoms with Crippen molar-refractivity contribution in [3.8, 4) is 5.75 Å². The zero-order valence-corrected chi connectivity index (χ0v) is 14.5. The number of para-hydroxylation sites is 1. The van der Waals surface area contributed by atoms with Crippen molar-refractivity contribution in [2.75, 3.05) is 0 Å². The van der Waals surface area contributed by atoms with Gasteiger partial charge in [0.2, 0.25) is 0 Å². The van der Waals surface area contributed by atoms with Crippen LogP contribution in [0, 0.1) is 5.92 Å². The molecule has 1 aromatic carbocycles. The molecule has 2 aromatic rings. The van der Waals surface area contributed by atoms with E-state index in [9.17, 15) is 9.59 Å². The number of furan rings is 1. The van der Waals surface area contributed by atoms with E-state index in [1.807, 2.05) is 51.1 Å². The average Bonchev–Trinajstić information content (AvgIpc) is 3.07. The Balaban J connectivity index is 1.79. The molecule has 0 radical (unpaired) electrons. The lowest BCUT2D eigenvalue weighted by molar-refractivity contribution is 0.0903. The Morgan fingerprint density at radius 2 is 1.76 bits per heavy atom. The van der Waals surface area contributed by atoms with E-state index in [0.717, 1.165) is 0 Å². The van der Waals surface area contributed by atoms with E-state index in [1.165, 1.54) is 6.07 Å². The Morgan fingerprint density at radius 3 is 2.44 bits per heavy atom. The lowest BCUT2D eigenvalue weighted by Gasteiger charge is -2.17. The van der Waals surface area contributed by atoms with Gasteiger partial charge in [0.15, 0.2) is 5.76 Å². The Kier molecular flexibility index (Phi) is 6.45. The van der Waals surface area contributed by atoms with Gasteiger partial charge in [-0.25, -0.2) is 10.2 Å². The first-order valence-corrected chi connectivity index (χ1v) is 8.09. The Bertz CT molecular complexity index is 697. The molecule has 1 heterocycles. The van der Waals surface area contributed by atoms with Crippen LogP contribution < -0.4 is 20.9 Å². The molecule has 25 heavy (non-hydrogen) atoms. The molecule has 2 rings (SSSR count). The van der Waals surface area contributed by atoms with Crippen LogP contribution in [0.5, 0.6) is 5.75 Å². The minimum atomic E-state index is -0.543. The maximum absolute atomic E-state index is 12.0. The van der Waals surface area contributed by atoms with Crippen molar-refractivity contribution in [3.63, 3.8) is 0 Å². The third-order valence-corrected chi connectivity index (χ3v) is 3.66. The molecular formula is C18H23N3O4. The molecule has 0 spiro atoms. The summed E-state index contributed by atoms with van der Waals surface area (Å²) >= 11 is 0. The highest BCUT2D eigenvalue weighted by Crippen LogP contribution is 2.13. The molecule has 0 aliphatic heterocycles. The quantitative estimate of drug-likeness (QED) is 0.702. The minimum absolute atomic E-state index is 0.0118. The summed E-state index contributed by atoms with van der Waals surface area (Å²) in [5.41, 5.74) is 4.59. The molecule has 3 N–H and O–H groups in total. The maximum atomic E-state index is 12.0. The number of carbonyl (C=O) groups excluding carboxylic acids is 2. The monoisotopic (exact) mass is 345 g/mol. The molecule has 0 bridgehead atoms. The van der Waals surface area contributed by atoms with E-state index < -0.39 is 11.9 Å². The van der Waals surface area contributed by atoms with Gasteiger partial charge in [0, 0.05) is 6.04 Å². The predicted octanol–water partition coefficient (Wildman–Crippen LogP) is 2.85. The predicted molar refractivity (Wildman–Crippen MR) is 92.9 cm³/mol. The highest BCUT2D eigenvalue weighted by molar-refractivity contribution is 5.92. The SMILES string of the molecule is CC(C)C(C)NC(=O)NNC(=O)c1ccc(COc2ccccc2)o1. The maximum Gasteiger partial charge on any atom is 0.333 e. The van der Waals surface area contributed by atoms with Gasteiger partial charge in [0.05, 0.1) is 0 Å². The van der Waals surface area contributed by atoms with Crippen LogP contribution in [0.3, 0.4) is 0 Å². The zero-order chi connectivity index (χ0) is 18.2. The first-order chi connectivity index (χ1) is 12.0. The highest BCUT2D eigenvalue weighted by Gasteiger charge is 2.14. The van der Waals surface area contributed by atoms with Crippen LogP contribution in [0.4, 0.5) is 4.79 Å². The average molecular weight is 345 g/mol. The number of rotatable bonds is 6. The van der Waals surface area contributed by atoms with Crippen molar-refractivity contribution in [1.29, 1.82) is 0 Å². The van der Waals surface area contributed by atoms with Crippen molar-refractivity contribution >= 4 is 11.9 Å². The van der Waals surface area contributed by atoms with Crippen LogP contribution in [-0.2, 0) is 6.61 Å². The summed E-state index contributed by atoms with van der Waals surface area (Å²) in [4.78, 5) is 23.6. The Hall–Kier alpha value is -2.96. The van der Waals surface area contributed by atoms with Crippen molar-refractivity contribution in [3.05, 3.63) is 54.0 Å². The van der Waals surface area contributed by atoms with Gasteiger partial charge >= 0.3 is 11.9 Å². The van der Waals surface area contributed by atoms with E-state index in [-0.39, 0.29) is 18.4 Å². The van der Waals surface area contributed by atoms with E-state index in [4.69, 9.17) is 9.15 Å². The van der Waals surface area contributed by atoms with Gasteiger partial charge in [-0.15, -0.1) is 0 Å². The van der Waals surface area contributed by atoms with Crippen LogP contribution in [0.25, 0.3) is 0 Å². The first kappa shape index (κ1) is 18.4. The standard InChI is InChI=1S/C18H23N3O4/c1-12(2)13(3)19-18(23)21-20-17(22)16-10-9-15(25-16)11-24-14-7-5-4-6-8-14/h4-10,12-13H,11H2,1-3H3,(H,20,22)(H2,19,21,23). The fraction of sp³-hybridized carbons (Fsp3) is 0.333. The first-order valence-electron chi connectivity index (χ1n) is 8.09. The smallest absolute Gasteiger partial charge is 0.333 e. The van der Waals surface area contributed by atoms with Gasteiger partial charge in [-0.3, -0.25) is 10.2 Å². The lowest BCUT2D eigenvalue weighted by Crippen LogP contribution is -2.50. The molecule has 1 atom stereocenters. The molecule has 7 heteroatoms. The van der Waals surface area contributed by atoms with Crippen LogP contribution in [-0.4, -0.2) is 18.0 Å². The second-order valence-electron chi connectivity index (χ2n) is 5.95. The number of hydrazine groups is 1. The Labute approximate surface area is 146 Å². The number of hydrogen-bond donors (Lipinski definition) is 3. The van der Waals surface area contributed by atoms with Crippen LogP contribution >= 0.6 is 0 Å². The summed E-state index contributed by atoms with van der Waals surface area (Å²) in [6.07, 6.45) is 0. The van der Waals surface area contributed by atoms with Gasteiger partial charge in [-0.2, -0.15) is 0 Å². The second-order valence-corrected chi connectivity index (χ2v) is 5.95. The molecule has 0 aliphatic rings. The zero-order valence-electron chi connectivity index (χ0n) is 14.5. The third-order valence-electron chi connectivity index (χ3n) is 3.66. The number of carbonyl (C=O) groups is 2. The Morgan fingerprint density at radius 1 is 1.04 bits per heavy atom. The molecule has 0 aliphatic carbocycles. The van der Waals surface area contributed by atoms with Gasteiger partial charge in [-0.1, -0.05) is 32.0 Å². The molecular weight excluding hydrogens is 322 g/mol. The topological polar surface area (TPSA) is 92.6 Å². The van der Waals surface area contributed by atoms with Crippen LogP contribution in [0.1, 0.15) is 37.1 Å². The van der Waals surface area contributed by atoms with Gasteiger partial charge in [0.1, 0.15) is 18.1 Å². The summed E-state index contributed by atoms with van der Waals surface area (Å²) in [6.45, 7) is 6.07. The number of urea groups is 1. The van der Waals surface area contributed by atoms with Crippen LogP contribution in [0.15, 0.2) is 46.9 Å². The lowest BCUT2D eigenvalue weighted by atomic mass is 10.1. The van der Waals surface area contributed by atoms with Crippen molar-refractivity contribution < 1.29 is 18.7 Å². The molecule has 0 saturated heterocycles. The fourth-order valence-electron chi connectivity index (χ4n) is 1.83. The van der Waals surface area contributed by atoms with Crippen molar-refractivity contribution in [2.45, 2.75) is 33.4 Å². The van der Waals surface area contributed by atoms with E-state index >= 15 is 0 Å². The molecule has 3 amide bonds. The molecule has 134 valence electrons. The third kappa shape index (κ3) is 5.87. The highest BCUT2D eigenvalue weighted by atomic mass is 16.5. The van der Waals surface area contributed by atoms with E-state index in [1.54, 1.807) is 6.07 Å². The van der Waals surface area contributed by atoms with E-state index in [0.29, 0.717) is 17.4 Å². The van der Waals surface area contributed by atoms with E-state index in [2.05, 4.69) is 16.2 Å².